The van der Waals surface area contributed by atoms with Gasteiger partial charge in [-0.2, -0.15) is 0 Å². The lowest BCUT2D eigenvalue weighted by atomic mass is 10.1. The molecule has 0 aromatic carbocycles. The minimum absolute atomic E-state index is 0.0204. The summed E-state index contributed by atoms with van der Waals surface area (Å²) in [6.07, 6.45) is 3.09. The monoisotopic (exact) mass is 169 g/mol. The molecule has 1 rings (SSSR count). The summed E-state index contributed by atoms with van der Waals surface area (Å²) in [5.41, 5.74) is 0. The van der Waals surface area contributed by atoms with Crippen molar-refractivity contribution in [1.82, 2.24) is 5.32 Å². The number of Topliss-reactive ketones (excluding diaryl/α,β-unsaturated/α-hetero) is 1. The average molecular weight is 169 g/mol. The summed E-state index contributed by atoms with van der Waals surface area (Å²) < 4.78 is 5.13. The molecule has 1 fully saturated rings. The van der Waals surface area contributed by atoms with Crippen LogP contribution in [-0.2, 0) is 9.53 Å². The van der Waals surface area contributed by atoms with E-state index in [2.05, 4.69) is 11.9 Å². The molecule has 0 bridgehead atoms. The largest absolute Gasteiger partial charge is 0.380 e. The summed E-state index contributed by atoms with van der Waals surface area (Å²) in [5, 5.41) is 3.12. The van der Waals surface area contributed by atoms with E-state index < -0.39 is 0 Å². The van der Waals surface area contributed by atoms with E-state index in [9.17, 15) is 4.79 Å². The molecule has 0 radical (unpaired) electrons. The van der Waals surface area contributed by atoms with E-state index in [1.807, 2.05) is 0 Å². The van der Waals surface area contributed by atoms with Crippen molar-refractivity contribution in [2.75, 3.05) is 13.7 Å². The Morgan fingerprint density at radius 3 is 3.08 bits per heavy atom. The predicted molar refractivity (Wildman–Crippen MR) is 47.0 cm³/mol. The summed E-state index contributed by atoms with van der Waals surface area (Å²) in [7, 11) is 1.67. The lowest BCUT2D eigenvalue weighted by Crippen LogP contribution is -2.30. The Morgan fingerprint density at radius 2 is 2.58 bits per heavy atom. The van der Waals surface area contributed by atoms with E-state index in [-0.39, 0.29) is 17.9 Å². The zero-order chi connectivity index (χ0) is 8.97. The number of rotatable bonds is 4. The van der Waals surface area contributed by atoms with Crippen LogP contribution < -0.4 is 5.32 Å². The third-order valence-corrected chi connectivity index (χ3v) is 2.16. The minimum atomic E-state index is -0.0204. The molecule has 0 aromatic heterocycles. The maximum absolute atomic E-state index is 11.3. The van der Waals surface area contributed by atoms with Crippen LogP contribution >= 0.6 is 0 Å². The number of hydrogen-bond donors (Lipinski definition) is 1. The third-order valence-electron chi connectivity index (χ3n) is 2.16. The van der Waals surface area contributed by atoms with Crippen LogP contribution in [0.5, 0.6) is 0 Å². The predicted octanol–water partition coefficient (Wildman–Crippen LogP) is 0.508. The van der Waals surface area contributed by atoms with Gasteiger partial charge in [-0.05, 0) is 6.42 Å². The Labute approximate surface area is 72.8 Å². The van der Waals surface area contributed by atoms with Gasteiger partial charge in [-0.25, -0.2) is 0 Å². The Hall–Kier alpha value is -0.670. The summed E-state index contributed by atoms with van der Waals surface area (Å²) in [4.78, 5) is 11.3. The molecular weight excluding hydrogens is 154 g/mol. The SMILES string of the molecule is C=CCC(=O)C1CC(OC)CN1. The van der Waals surface area contributed by atoms with Crippen molar-refractivity contribution in [1.29, 1.82) is 0 Å². The summed E-state index contributed by atoms with van der Waals surface area (Å²) >= 11 is 0. The van der Waals surface area contributed by atoms with Crippen molar-refractivity contribution in [3.63, 3.8) is 0 Å². The van der Waals surface area contributed by atoms with Crippen molar-refractivity contribution in [2.45, 2.75) is 25.0 Å². The fourth-order valence-corrected chi connectivity index (χ4v) is 1.41. The molecular formula is C9H15NO2. The molecule has 0 spiro atoms. The van der Waals surface area contributed by atoms with Crippen molar-refractivity contribution in [3.8, 4) is 0 Å². The van der Waals surface area contributed by atoms with E-state index in [1.165, 1.54) is 0 Å². The molecule has 3 heteroatoms. The van der Waals surface area contributed by atoms with Gasteiger partial charge in [0.05, 0.1) is 12.1 Å². The van der Waals surface area contributed by atoms with Crippen molar-refractivity contribution < 1.29 is 9.53 Å². The van der Waals surface area contributed by atoms with E-state index >= 15 is 0 Å². The van der Waals surface area contributed by atoms with Crippen molar-refractivity contribution in [3.05, 3.63) is 12.7 Å². The molecule has 1 aliphatic heterocycles. The van der Waals surface area contributed by atoms with E-state index in [1.54, 1.807) is 13.2 Å². The Balaban J connectivity index is 2.35. The number of nitrogens with one attached hydrogen (secondary N) is 1. The van der Waals surface area contributed by atoms with Crippen LogP contribution in [0.4, 0.5) is 0 Å². The number of methoxy groups -OCH3 is 1. The second kappa shape index (κ2) is 4.38. The Kier molecular flexibility index (Phi) is 3.44. The van der Waals surface area contributed by atoms with Crippen LogP contribution in [0.25, 0.3) is 0 Å². The van der Waals surface area contributed by atoms with Gasteiger partial charge in [-0.15, -0.1) is 6.58 Å². The van der Waals surface area contributed by atoms with E-state index in [4.69, 9.17) is 4.74 Å². The van der Waals surface area contributed by atoms with Crippen molar-refractivity contribution in [2.24, 2.45) is 0 Å². The highest BCUT2D eigenvalue weighted by molar-refractivity contribution is 5.85. The van der Waals surface area contributed by atoms with Crippen LogP contribution in [-0.4, -0.2) is 31.6 Å². The van der Waals surface area contributed by atoms with E-state index in [0.717, 1.165) is 13.0 Å². The van der Waals surface area contributed by atoms with Gasteiger partial charge in [0.25, 0.3) is 0 Å². The summed E-state index contributed by atoms with van der Waals surface area (Å²) in [6.45, 7) is 4.31. The number of carbonyl (C=O) groups is 1. The van der Waals surface area contributed by atoms with Gasteiger partial charge in [-0.3, -0.25) is 4.79 Å². The van der Waals surface area contributed by atoms with Crippen LogP contribution in [0.15, 0.2) is 12.7 Å². The number of ether oxygens (including phenoxy) is 1. The van der Waals surface area contributed by atoms with Gasteiger partial charge in [0, 0.05) is 20.1 Å². The fourth-order valence-electron chi connectivity index (χ4n) is 1.41. The fraction of sp³-hybridized carbons (Fsp3) is 0.667. The van der Waals surface area contributed by atoms with Gasteiger partial charge in [0.2, 0.25) is 0 Å². The summed E-state index contributed by atoms with van der Waals surface area (Å²) in [5.74, 6) is 0.213. The van der Waals surface area contributed by atoms with Gasteiger partial charge in [-0.1, -0.05) is 6.08 Å². The first-order valence-corrected chi connectivity index (χ1v) is 4.17. The zero-order valence-corrected chi connectivity index (χ0v) is 7.38. The van der Waals surface area contributed by atoms with Crippen LogP contribution in [0.1, 0.15) is 12.8 Å². The highest BCUT2D eigenvalue weighted by Gasteiger charge is 2.27. The highest BCUT2D eigenvalue weighted by Crippen LogP contribution is 2.11. The first-order valence-electron chi connectivity index (χ1n) is 4.17. The molecule has 1 saturated heterocycles. The van der Waals surface area contributed by atoms with E-state index in [0.29, 0.717) is 6.42 Å². The van der Waals surface area contributed by atoms with Crippen LogP contribution in [0.2, 0.25) is 0 Å². The first-order chi connectivity index (χ1) is 5.77. The molecule has 1 aliphatic rings. The van der Waals surface area contributed by atoms with Gasteiger partial charge in [0.15, 0.2) is 5.78 Å². The number of hydrogen-bond acceptors (Lipinski definition) is 3. The van der Waals surface area contributed by atoms with Crippen LogP contribution in [0, 0.1) is 0 Å². The topological polar surface area (TPSA) is 38.3 Å². The lowest BCUT2D eigenvalue weighted by molar-refractivity contribution is -0.120. The standard InChI is InChI=1S/C9H15NO2/c1-3-4-9(11)8-5-7(12-2)6-10-8/h3,7-8,10H,1,4-6H2,2H3. The first kappa shape index (κ1) is 9.42. The number of carbonyl (C=O) groups excluding carboxylic acids is 1. The molecule has 3 nitrogen and oxygen atoms in total. The molecule has 1 N–H and O–H groups in total. The van der Waals surface area contributed by atoms with Gasteiger partial charge < -0.3 is 10.1 Å². The lowest BCUT2D eigenvalue weighted by Gasteiger charge is -2.06. The molecule has 1 heterocycles. The van der Waals surface area contributed by atoms with Gasteiger partial charge in [0.1, 0.15) is 0 Å². The molecule has 2 unspecified atom stereocenters. The normalized spacial score (nSPS) is 28.8. The molecule has 0 aromatic rings. The summed E-state index contributed by atoms with van der Waals surface area (Å²) in [6, 6.07) is -0.0204. The minimum Gasteiger partial charge on any atom is -0.380 e. The molecule has 0 amide bonds. The number of ketones is 1. The molecule has 12 heavy (non-hydrogen) atoms. The molecule has 68 valence electrons. The van der Waals surface area contributed by atoms with Crippen LogP contribution in [0.3, 0.4) is 0 Å². The third kappa shape index (κ3) is 2.16. The molecule has 2 atom stereocenters. The maximum atomic E-state index is 11.3. The Morgan fingerprint density at radius 1 is 1.83 bits per heavy atom. The second-order valence-electron chi connectivity index (χ2n) is 3.01. The van der Waals surface area contributed by atoms with Crippen molar-refractivity contribution >= 4 is 5.78 Å². The second-order valence-corrected chi connectivity index (χ2v) is 3.01. The molecule has 0 saturated carbocycles. The number of allylic oxidation sites excluding steroid dienone is 1. The average Bonchev–Trinajstić information content (AvgIpc) is 2.52. The Bertz CT molecular complexity index is 179. The van der Waals surface area contributed by atoms with Gasteiger partial charge >= 0.3 is 0 Å². The quantitative estimate of drug-likeness (QED) is 0.623. The highest BCUT2D eigenvalue weighted by atomic mass is 16.5. The molecule has 0 aliphatic carbocycles. The smallest absolute Gasteiger partial charge is 0.153 e. The zero-order valence-electron chi connectivity index (χ0n) is 7.38. The maximum Gasteiger partial charge on any atom is 0.153 e.